The highest BCUT2D eigenvalue weighted by Gasteiger charge is 2.30. The zero-order valence-corrected chi connectivity index (χ0v) is 16.0. The third-order valence-electron chi connectivity index (χ3n) is 3.70. The lowest BCUT2D eigenvalue weighted by molar-refractivity contribution is -0.274. The molecule has 156 valence electrons. The molecular weight excluding hydrogens is 421 g/mol. The largest absolute Gasteiger partial charge is 0.573 e. The van der Waals surface area contributed by atoms with Crippen molar-refractivity contribution in [1.82, 2.24) is 4.98 Å². The molecule has 11 heteroatoms. The first-order valence-corrected chi connectivity index (χ1v) is 9.33. The Morgan fingerprint density at radius 1 is 1.10 bits per heavy atom. The topological polar surface area (TPSA) is 106 Å². The summed E-state index contributed by atoms with van der Waals surface area (Å²) in [4.78, 5) is 27.9. The van der Waals surface area contributed by atoms with Crippen LogP contribution in [0.2, 0.25) is 0 Å². The van der Waals surface area contributed by atoms with E-state index in [1.54, 1.807) is 23.6 Å². The third-order valence-corrected chi connectivity index (χ3v) is 4.51. The molecule has 30 heavy (non-hydrogen) atoms. The highest BCUT2D eigenvalue weighted by Crippen LogP contribution is 2.26. The fourth-order valence-electron chi connectivity index (χ4n) is 2.47. The minimum atomic E-state index is -4.75. The second-order valence-electron chi connectivity index (χ2n) is 5.98. The van der Waals surface area contributed by atoms with Crippen molar-refractivity contribution in [1.29, 1.82) is 0 Å². The van der Waals surface area contributed by atoms with Gasteiger partial charge in [0, 0.05) is 11.1 Å². The number of alkyl halides is 3. The van der Waals surface area contributed by atoms with E-state index in [2.05, 4.69) is 20.4 Å². The second-order valence-corrected chi connectivity index (χ2v) is 6.83. The number of para-hydroxylation sites is 1. The first kappa shape index (κ1) is 21.1. The van der Waals surface area contributed by atoms with E-state index in [1.165, 1.54) is 41.7 Å². The van der Waals surface area contributed by atoms with Crippen molar-refractivity contribution in [3.8, 4) is 5.75 Å². The zero-order valence-electron chi connectivity index (χ0n) is 15.2. The van der Waals surface area contributed by atoms with Gasteiger partial charge in [-0.1, -0.05) is 12.1 Å². The van der Waals surface area contributed by atoms with Crippen LogP contribution in [0.25, 0.3) is 0 Å². The lowest BCUT2D eigenvalue weighted by Gasteiger charge is -2.09. The maximum Gasteiger partial charge on any atom is 0.573 e. The SMILES string of the molecule is NC(=O)c1ccccc1NC(=O)Cc1csc(Nc2ccc(OC(F)(F)F)cc2)n1. The number of thiazole rings is 1. The smallest absolute Gasteiger partial charge is 0.406 e. The molecule has 0 saturated carbocycles. The lowest BCUT2D eigenvalue weighted by Crippen LogP contribution is -2.19. The van der Waals surface area contributed by atoms with Gasteiger partial charge in [-0.05, 0) is 36.4 Å². The van der Waals surface area contributed by atoms with Gasteiger partial charge in [-0.2, -0.15) is 0 Å². The van der Waals surface area contributed by atoms with Gasteiger partial charge in [0.05, 0.1) is 23.4 Å². The highest BCUT2D eigenvalue weighted by molar-refractivity contribution is 7.13. The van der Waals surface area contributed by atoms with E-state index in [4.69, 9.17) is 5.73 Å². The summed E-state index contributed by atoms with van der Waals surface area (Å²) in [5.41, 5.74) is 6.78. The first-order valence-electron chi connectivity index (χ1n) is 8.45. The number of nitrogens with two attached hydrogens (primary N) is 1. The molecule has 3 aromatic rings. The number of hydrogen-bond donors (Lipinski definition) is 3. The van der Waals surface area contributed by atoms with Gasteiger partial charge in [0.15, 0.2) is 5.13 Å². The first-order chi connectivity index (χ1) is 14.2. The summed E-state index contributed by atoms with van der Waals surface area (Å²) in [6, 6.07) is 11.5. The average Bonchev–Trinajstić information content (AvgIpc) is 3.09. The van der Waals surface area contributed by atoms with Crippen molar-refractivity contribution in [2.24, 2.45) is 5.73 Å². The number of anilines is 3. The second kappa shape index (κ2) is 8.82. The summed E-state index contributed by atoms with van der Waals surface area (Å²) in [5.74, 6) is -1.37. The van der Waals surface area contributed by atoms with Crippen LogP contribution in [0.5, 0.6) is 5.75 Å². The monoisotopic (exact) mass is 436 g/mol. The van der Waals surface area contributed by atoms with Crippen molar-refractivity contribution in [2.45, 2.75) is 12.8 Å². The van der Waals surface area contributed by atoms with E-state index < -0.39 is 12.3 Å². The fraction of sp³-hybridized carbons (Fsp3) is 0.105. The molecule has 0 unspecified atom stereocenters. The number of ether oxygens (including phenoxy) is 1. The number of hydrogen-bond acceptors (Lipinski definition) is 6. The third kappa shape index (κ3) is 5.95. The Hall–Kier alpha value is -3.60. The molecule has 0 radical (unpaired) electrons. The van der Waals surface area contributed by atoms with Gasteiger partial charge >= 0.3 is 6.36 Å². The summed E-state index contributed by atoms with van der Waals surface area (Å²) in [6.07, 6.45) is -4.79. The van der Waals surface area contributed by atoms with E-state index >= 15 is 0 Å². The van der Waals surface area contributed by atoms with Crippen LogP contribution in [0, 0.1) is 0 Å². The number of aromatic nitrogens is 1. The van der Waals surface area contributed by atoms with Crippen LogP contribution in [-0.2, 0) is 11.2 Å². The summed E-state index contributed by atoms with van der Waals surface area (Å²) >= 11 is 1.23. The summed E-state index contributed by atoms with van der Waals surface area (Å²) in [7, 11) is 0. The molecule has 4 N–H and O–H groups in total. The molecule has 3 rings (SSSR count). The number of primary amides is 1. The van der Waals surface area contributed by atoms with Crippen molar-refractivity contribution < 1.29 is 27.5 Å². The predicted octanol–water partition coefficient (Wildman–Crippen LogP) is 4.07. The van der Waals surface area contributed by atoms with Crippen molar-refractivity contribution >= 4 is 39.7 Å². The molecule has 0 aliphatic carbocycles. The van der Waals surface area contributed by atoms with Gasteiger partial charge in [0.25, 0.3) is 5.91 Å². The quantitative estimate of drug-likeness (QED) is 0.518. The van der Waals surface area contributed by atoms with Gasteiger partial charge in [0.1, 0.15) is 5.75 Å². The fourth-order valence-corrected chi connectivity index (χ4v) is 3.21. The van der Waals surface area contributed by atoms with Crippen LogP contribution >= 0.6 is 11.3 Å². The van der Waals surface area contributed by atoms with Crippen molar-refractivity contribution in [2.75, 3.05) is 10.6 Å². The molecule has 0 bridgehead atoms. The Morgan fingerprint density at radius 2 is 1.80 bits per heavy atom. The number of benzene rings is 2. The molecule has 0 aliphatic heterocycles. The highest BCUT2D eigenvalue weighted by atomic mass is 32.1. The van der Waals surface area contributed by atoms with Crippen LogP contribution in [0.1, 0.15) is 16.1 Å². The molecule has 1 heterocycles. The molecule has 2 amide bonds. The van der Waals surface area contributed by atoms with E-state index in [0.29, 0.717) is 22.2 Å². The number of nitrogens with one attached hydrogen (secondary N) is 2. The molecule has 0 saturated heterocycles. The van der Waals surface area contributed by atoms with Crippen LogP contribution in [0.3, 0.4) is 0 Å². The number of carbonyl (C=O) groups is 2. The van der Waals surface area contributed by atoms with Gasteiger partial charge in [0.2, 0.25) is 5.91 Å². The Kier molecular flexibility index (Phi) is 6.21. The van der Waals surface area contributed by atoms with Crippen molar-refractivity contribution in [3.63, 3.8) is 0 Å². The van der Waals surface area contributed by atoms with Crippen LogP contribution in [0.4, 0.5) is 29.7 Å². The maximum atomic E-state index is 12.3. The van der Waals surface area contributed by atoms with E-state index in [0.717, 1.165) is 0 Å². The van der Waals surface area contributed by atoms with Gasteiger partial charge < -0.3 is 21.1 Å². The Morgan fingerprint density at radius 3 is 2.47 bits per heavy atom. The number of carbonyl (C=O) groups excluding carboxylic acids is 2. The Labute approximate surface area is 172 Å². The lowest BCUT2D eigenvalue weighted by atomic mass is 10.1. The minimum Gasteiger partial charge on any atom is -0.406 e. The Balaban J connectivity index is 1.59. The van der Waals surface area contributed by atoms with Crippen molar-refractivity contribution in [3.05, 3.63) is 65.2 Å². The standard InChI is InChI=1S/C19H15F3N4O3S/c20-19(21,22)29-13-7-5-11(6-8-13)24-18-25-12(10-30-18)9-16(27)26-15-4-2-1-3-14(15)17(23)28/h1-8,10H,9H2,(H2,23,28)(H,24,25)(H,26,27). The minimum absolute atomic E-state index is 0.0381. The predicted molar refractivity (Wildman–Crippen MR) is 106 cm³/mol. The van der Waals surface area contributed by atoms with Gasteiger partial charge in [-0.15, -0.1) is 24.5 Å². The molecule has 0 atom stereocenters. The average molecular weight is 436 g/mol. The number of rotatable bonds is 7. The van der Waals surface area contributed by atoms with Crippen LogP contribution in [-0.4, -0.2) is 23.2 Å². The van der Waals surface area contributed by atoms with Gasteiger partial charge in [-0.25, -0.2) is 4.98 Å². The number of amides is 2. The molecule has 2 aromatic carbocycles. The number of nitrogens with zero attached hydrogens (tertiary/aromatic N) is 1. The van der Waals surface area contributed by atoms with E-state index in [9.17, 15) is 22.8 Å². The molecule has 1 aromatic heterocycles. The Bertz CT molecular complexity index is 1050. The summed E-state index contributed by atoms with van der Waals surface area (Å²) < 4.78 is 40.4. The maximum absolute atomic E-state index is 12.3. The van der Waals surface area contributed by atoms with Crippen LogP contribution < -0.4 is 21.1 Å². The van der Waals surface area contributed by atoms with E-state index in [-0.39, 0.29) is 23.6 Å². The summed E-state index contributed by atoms with van der Waals surface area (Å²) in [5, 5.41) is 7.69. The normalized spacial score (nSPS) is 11.0. The molecule has 0 spiro atoms. The molecular formula is C19H15F3N4O3S. The molecule has 0 fully saturated rings. The van der Waals surface area contributed by atoms with Gasteiger partial charge in [-0.3, -0.25) is 9.59 Å². The summed E-state index contributed by atoms with van der Waals surface area (Å²) in [6.45, 7) is 0. The molecule has 7 nitrogen and oxygen atoms in total. The van der Waals surface area contributed by atoms with Crippen LogP contribution in [0.15, 0.2) is 53.9 Å². The number of halogens is 3. The molecule has 0 aliphatic rings. The van der Waals surface area contributed by atoms with E-state index in [1.807, 2.05) is 0 Å². The zero-order chi connectivity index (χ0) is 21.7.